The molecule has 2 aliphatic carbocycles. The van der Waals surface area contributed by atoms with E-state index in [4.69, 9.17) is 0 Å². The first-order valence-electron chi connectivity index (χ1n) is 5.94. The molecule has 0 heterocycles. The molecule has 14 heavy (non-hydrogen) atoms. The summed E-state index contributed by atoms with van der Waals surface area (Å²) >= 11 is 0. The smallest absolute Gasteiger partial charge is 0.0613 e. The average Bonchev–Trinajstić information content (AvgIpc) is 2.86. The van der Waals surface area contributed by atoms with Crippen LogP contribution in [0.1, 0.15) is 52.4 Å². The lowest BCUT2D eigenvalue weighted by atomic mass is 9.68. The lowest BCUT2D eigenvalue weighted by Crippen LogP contribution is -2.54. The summed E-state index contributed by atoms with van der Waals surface area (Å²) in [5.41, 5.74) is 0.450. The van der Waals surface area contributed by atoms with Crippen LogP contribution < -0.4 is 5.32 Å². The third kappa shape index (κ3) is 2.29. The van der Waals surface area contributed by atoms with Crippen LogP contribution in [0.5, 0.6) is 0 Å². The lowest BCUT2D eigenvalue weighted by Gasteiger charge is -2.44. The van der Waals surface area contributed by atoms with Gasteiger partial charge in [0.2, 0.25) is 0 Å². The first-order valence-corrected chi connectivity index (χ1v) is 5.94. The molecular formula is C12H23NO. The molecule has 0 aromatic heterocycles. The van der Waals surface area contributed by atoms with E-state index in [0.717, 1.165) is 12.8 Å². The molecule has 0 aromatic rings. The molecule has 2 rings (SSSR count). The van der Waals surface area contributed by atoms with E-state index in [9.17, 15) is 5.11 Å². The fourth-order valence-corrected chi connectivity index (χ4v) is 2.96. The van der Waals surface area contributed by atoms with Gasteiger partial charge < -0.3 is 10.4 Å². The molecular weight excluding hydrogens is 174 g/mol. The third-order valence-electron chi connectivity index (χ3n) is 3.72. The van der Waals surface area contributed by atoms with Gasteiger partial charge in [0.05, 0.1) is 6.61 Å². The molecule has 2 nitrogen and oxygen atoms in total. The van der Waals surface area contributed by atoms with E-state index in [0.29, 0.717) is 18.1 Å². The van der Waals surface area contributed by atoms with Gasteiger partial charge in [0, 0.05) is 11.6 Å². The highest BCUT2D eigenvalue weighted by atomic mass is 16.3. The maximum atomic E-state index is 9.59. The van der Waals surface area contributed by atoms with E-state index in [1.165, 1.54) is 25.7 Å². The monoisotopic (exact) mass is 197 g/mol. The predicted octanol–water partition coefficient (Wildman–Crippen LogP) is 2.07. The van der Waals surface area contributed by atoms with Crippen LogP contribution in [0, 0.1) is 5.41 Å². The Morgan fingerprint density at radius 2 is 2.00 bits per heavy atom. The Kier molecular flexibility index (Phi) is 2.61. The van der Waals surface area contributed by atoms with E-state index in [-0.39, 0.29) is 5.54 Å². The van der Waals surface area contributed by atoms with Gasteiger partial charge >= 0.3 is 0 Å². The van der Waals surface area contributed by atoms with Crippen molar-refractivity contribution in [1.82, 2.24) is 5.32 Å². The van der Waals surface area contributed by atoms with Crippen LogP contribution in [-0.4, -0.2) is 23.3 Å². The maximum absolute atomic E-state index is 9.59. The van der Waals surface area contributed by atoms with Crippen LogP contribution >= 0.6 is 0 Å². The van der Waals surface area contributed by atoms with E-state index in [1.807, 2.05) is 0 Å². The van der Waals surface area contributed by atoms with Gasteiger partial charge in [-0.15, -0.1) is 0 Å². The number of aliphatic hydroxyl groups excluding tert-OH is 1. The lowest BCUT2D eigenvalue weighted by molar-refractivity contribution is 0.0611. The Bertz CT molecular complexity index is 210. The Morgan fingerprint density at radius 1 is 1.29 bits per heavy atom. The number of rotatable bonds is 3. The standard InChI is InChI=1S/C12H23NO/c1-11(2)6-3-7-12(8-11,9-14)13-10-4-5-10/h10,13-14H,3-9H2,1-2H3. The van der Waals surface area contributed by atoms with Crippen LogP contribution in [0.2, 0.25) is 0 Å². The Labute approximate surface area is 87.1 Å². The van der Waals surface area contributed by atoms with E-state index >= 15 is 0 Å². The van der Waals surface area contributed by atoms with Gasteiger partial charge in [-0.1, -0.05) is 20.3 Å². The predicted molar refractivity (Wildman–Crippen MR) is 58.2 cm³/mol. The van der Waals surface area contributed by atoms with Crippen LogP contribution in [0.15, 0.2) is 0 Å². The first kappa shape index (κ1) is 10.4. The summed E-state index contributed by atoms with van der Waals surface area (Å²) in [5, 5.41) is 13.2. The SMILES string of the molecule is CC1(C)CCCC(CO)(NC2CC2)C1. The fourth-order valence-electron chi connectivity index (χ4n) is 2.96. The van der Waals surface area contributed by atoms with E-state index in [2.05, 4.69) is 19.2 Å². The highest BCUT2D eigenvalue weighted by Crippen LogP contribution is 2.42. The van der Waals surface area contributed by atoms with Crippen molar-refractivity contribution in [2.45, 2.75) is 64.0 Å². The van der Waals surface area contributed by atoms with Crippen LogP contribution in [-0.2, 0) is 0 Å². The second-order valence-electron chi connectivity index (χ2n) is 6.05. The topological polar surface area (TPSA) is 32.3 Å². The normalized spacial score (nSPS) is 37.1. The van der Waals surface area contributed by atoms with E-state index < -0.39 is 0 Å². The molecule has 0 aromatic carbocycles. The second kappa shape index (κ2) is 3.49. The first-order chi connectivity index (χ1) is 6.55. The van der Waals surface area contributed by atoms with Crippen molar-refractivity contribution in [1.29, 1.82) is 0 Å². The molecule has 2 N–H and O–H groups in total. The van der Waals surface area contributed by atoms with Crippen LogP contribution in [0.3, 0.4) is 0 Å². The molecule has 2 aliphatic rings. The van der Waals surface area contributed by atoms with Crippen molar-refractivity contribution < 1.29 is 5.11 Å². The zero-order valence-electron chi connectivity index (χ0n) is 9.47. The minimum atomic E-state index is 0.0446. The third-order valence-corrected chi connectivity index (χ3v) is 3.72. The van der Waals surface area contributed by atoms with Crippen molar-refractivity contribution in [3.05, 3.63) is 0 Å². The molecule has 0 bridgehead atoms. The van der Waals surface area contributed by atoms with Gasteiger partial charge in [0.25, 0.3) is 0 Å². The molecule has 82 valence electrons. The second-order valence-corrected chi connectivity index (χ2v) is 6.05. The van der Waals surface area contributed by atoms with Crippen molar-refractivity contribution in [2.75, 3.05) is 6.61 Å². The van der Waals surface area contributed by atoms with Gasteiger partial charge in [-0.05, 0) is 37.5 Å². The molecule has 0 saturated heterocycles. The molecule has 1 unspecified atom stereocenters. The zero-order valence-corrected chi connectivity index (χ0v) is 9.47. The summed E-state index contributed by atoms with van der Waals surface area (Å²) in [5.74, 6) is 0. The summed E-state index contributed by atoms with van der Waals surface area (Å²) in [6.07, 6.45) is 7.47. The average molecular weight is 197 g/mol. The van der Waals surface area contributed by atoms with Crippen LogP contribution in [0.4, 0.5) is 0 Å². The zero-order chi connectivity index (χ0) is 10.2. The van der Waals surface area contributed by atoms with E-state index in [1.54, 1.807) is 0 Å². The molecule has 2 heteroatoms. The molecule has 0 aliphatic heterocycles. The summed E-state index contributed by atoms with van der Waals surface area (Å²) in [4.78, 5) is 0. The minimum absolute atomic E-state index is 0.0446. The highest BCUT2D eigenvalue weighted by Gasteiger charge is 2.42. The Balaban J connectivity index is 2.01. The molecule has 0 spiro atoms. The van der Waals surface area contributed by atoms with Crippen molar-refractivity contribution >= 4 is 0 Å². The molecule has 0 amide bonds. The number of aliphatic hydroxyl groups is 1. The van der Waals surface area contributed by atoms with Gasteiger partial charge in [0.15, 0.2) is 0 Å². The van der Waals surface area contributed by atoms with Crippen molar-refractivity contribution in [2.24, 2.45) is 5.41 Å². The summed E-state index contributed by atoms with van der Waals surface area (Å²) in [7, 11) is 0. The molecule has 2 fully saturated rings. The quantitative estimate of drug-likeness (QED) is 0.726. The highest BCUT2D eigenvalue weighted by molar-refractivity contribution is 5.00. The van der Waals surface area contributed by atoms with Gasteiger partial charge in [0.1, 0.15) is 0 Å². The summed E-state index contributed by atoms with van der Waals surface area (Å²) in [6.45, 7) is 4.96. The van der Waals surface area contributed by atoms with Crippen LogP contribution in [0.25, 0.3) is 0 Å². The van der Waals surface area contributed by atoms with Gasteiger partial charge in [-0.3, -0.25) is 0 Å². The van der Waals surface area contributed by atoms with Crippen molar-refractivity contribution in [3.8, 4) is 0 Å². The number of nitrogens with one attached hydrogen (secondary N) is 1. The summed E-state index contributed by atoms with van der Waals surface area (Å²) < 4.78 is 0. The molecule has 1 atom stereocenters. The van der Waals surface area contributed by atoms with Gasteiger partial charge in [-0.2, -0.15) is 0 Å². The molecule has 0 radical (unpaired) electrons. The van der Waals surface area contributed by atoms with Crippen molar-refractivity contribution in [3.63, 3.8) is 0 Å². The fraction of sp³-hybridized carbons (Fsp3) is 1.00. The summed E-state index contributed by atoms with van der Waals surface area (Å²) in [6, 6.07) is 0.705. The number of hydrogen-bond acceptors (Lipinski definition) is 2. The van der Waals surface area contributed by atoms with Gasteiger partial charge in [-0.25, -0.2) is 0 Å². The maximum Gasteiger partial charge on any atom is 0.0613 e. The molecule has 2 saturated carbocycles. The minimum Gasteiger partial charge on any atom is -0.394 e. The number of hydrogen-bond donors (Lipinski definition) is 2. The largest absolute Gasteiger partial charge is 0.394 e. The Hall–Kier alpha value is -0.0800. The Morgan fingerprint density at radius 3 is 2.50 bits per heavy atom.